The second-order valence-electron chi connectivity index (χ2n) is 4.63. The van der Waals surface area contributed by atoms with Crippen molar-refractivity contribution in [2.75, 3.05) is 25.2 Å². The lowest BCUT2D eigenvalue weighted by Crippen LogP contribution is -2.38. The van der Waals surface area contributed by atoms with Crippen LogP contribution < -0.4 is 10.6 Å². The smallest absolute Gasteiger partial charge is 0.0637 e. The minimum atomic E-state index is 0.485. The molecule has 0 spiro atoms. The first-order chi connectivity index (χ1) is 9.17. The minimum Gasteiger partial charge on any atom is -0.383 e. The first-order valence-corrected chi connectivity index (χ1v) is 7.29. The van der Waals surface area contributed by atoms with Crippen molar-refractivity contribution in [3.8, 4) is 0 Å². The Labute approximate surface area is 121 Å². The molecule has 4 heteroatoms. The molecule has 0 aliphatic carbocycles. The Morgan fingerprint density at radius 3 is 2.53 bits per heavy atom. The number of nitrogens with zero attached hydrogens (tertiary/aromatic N) is 1. The van der Waals surface area contributed by atoms with Crippen LogP contribution in [0.5, 0.6) is 0 Å². The summed E-state index contributed by atoms with van der Waals surface area (Å²) < 4.78 is 5.23. The van der Waals surface area contributed by atoms with Crippen LogP contribution in [0.2, 0.25) is 5.02 Å². The van der Waals surface area contributed by atoms with Gasteiger partial charge in [0, 0.05) is 37.0 Å². The molecule has 0 aliphatic heterocycles. The highest BCUT2D eigenvalue weighted by molar-refractivity contribution is 6.30. The monoisotopic (exact) mass is 284 g/mol. The molecule has 0 saturated carbocycles. The van der Waals surface area contributed by atoms with Crippen molar-refractivity contribution in [3.05, 3.63) is 28.8 Å². The zero-order chi connectivity index (χ0) is 14.3. The maximum absolute atomic E-state index is 6.14. The number of methoxy groups -OCH3 is 1. The fraction of sp³-hybridized carbons (Fsp3) is 0.600. The van der Waals surface area contributed by atoms with Crippen LogP contribution in [0.25, 0.3) is 0 Å². The summed E-state index contributed by atoms with van der Waals surface area (Å²) in [5.41, 5.74) is 8.12. The molecule has 0 saturated heterocycles. The average Bonchev–Trinajstić information content (AvgIpc) is 2.43. The lowest BCUT2D eigenvalue weighted by molar-refractivity contribution is 0.202. The second kappa shape index (κ2) is 8.41. The standard InChI is InChI=1S/C15H25ClN2O/c1-4-14(5-2)18(8-9-19-3)15-10-13(16)7-6-12(15)11-17/h6-7,10,14H,4-5,8-9,11,17H2,1-3H3. The molecule has 2 N–H and O–H groups in total. The number of hydrogen-bond acceptors (Lipinski definition) is 3. The van der Waals surface area contributed by atoms with Crippen LogP contribution in [-0.4, -0.2) is 26.3 Å². The van der Waals surface area contributed by atoms with Crippen LogP contribution in [-0.2, 0) is 11.3 Å². The molecule has 1 rings (SSSR count). The van der Waals surface area contributed by atoms with Crippen LogP contribution in [0.1, 0.15) is 32.3 Å². The fourth-order valence-corrected chi connectivity index (χ4v) is 2.56. The van der Waals surface area contributed by atoms with E-state index in [1.165, 1.54) is 0 Å². The van der Waals surface area contributed by atoms with Gasteiger partial charge in [0.2, 0.25) is 0 Å². The van der Waals surface area contributed by atoms with Crippen molar-refractivity contribution < 1.29 is 4.74 Å². The number of ether oxygens (including phenoxy) is 1. The molecular weight excluding hydrogens is 260 g/mol. The van der Waals surface area contributed by atoms with E-state index in [4.69, 9.17) is 22.1 Å². The van der Waals surface area contributed by atoms with Gasteiger partial charge in [0.05, 0.1) is 6.61 Å². The van der Waals surface area contributed by atoms with Gasteiger partial charge in [-0.25, -0.2) is 0 Å². The molecule has 3 nitrogen and oxygen atoms in total. The van der Waals surface area contributed by atoms with E-state index >= 15 is 0 Å². The van der Waals surface area contributed by atoms with E-state index in [1.54, 1.807) is 7.11 Å². The Hall–Kier alpha value is -0.770. The van der Waals surface area contributed by atoms with Crippen molar-refractivity contribution in [3.63, 3.8) is 0 Å². The van der Waals surface area contributed by atoms with E-state index in [2.05, 4.69) is 18.7 Å². The lowest BCUT2D eigenvalue weighted by Gasteiger charge is -2.34. The van der Waals surface area contributed by atoms with Gasteiger partial charge in [-0.05, 0) is 30.5 Å². The van der Waals surface area contributed by atoms with Gasteiger partial charge in [0.1, 0.15) is 0 Å². The van der Waals surface area contributed by atoms with Crippen LogP contribution in [0.4, 0.5) is 5.69 Å². The molecule has 19 heavy (non-hydrogen) atoms. The Morgan fingerprint density at radius 1 is 1.32 bits per heavy atom. The summed E-state index contributed by atoms with van der Waals surface area (Å²) in [5.74, 6) is 0. The zero-order valence-electron chi connectivity index (χ0n) is 12.2. The van der Waals surface area contributed by atoms with Crippen LogP contribution >= 0.6 is 11.6 Å². The summed E-state index contributed by atoms with van der Waals surface area (Å²) in [6.45, 7) is 6.50. The van der Waals surface area contributed by atoms with Gasteiger partial charge >= 0.3 is 0 Å². The summed E-state index contributed by atoms with van der Waals surface area (Å²) >= 11 is 6.14. The fourth-order valence-electron chi connectivity index (χ4n) is 2.40. The van der Waals surface area contributed by atoms with Gasteiger partial charge in [0.15, 0.2) is 0 Å². The number of hydrogen-bond donors (Lipinski definition) is 1. The third-order valence-electron chi connectivity index (χ3n) is 3.50. The second-order valence-corrected chi connectivity index (χ2v) is 5.07. The summed E-state index contributed by atoms with van der Waals surface area (Å²) in [5, 5.41) is 0.751. The largest absolute Gasteiger partial charge is 0.383 e. The van der Waals surface area contributed by atoms with Gasteiger partial charge in [0.25, 0.3) is 0 Å². The van der Waals surface area contributed by atoms with Gasteiger partial charge in [-0.1, -0.05) is 31.5 Å². The van der Waals surface area contributed by atoms with E-state index in [0.29, 0.717) is 19.2 Å². The number of anilines is 1. The SMILES string of the molecule is CCC(CC)N(CCOC)c1cc(Cl)ccc1CN. The van der Waals surface area contributed by atoms with Gasteiger partial charge in [-0.15, -0.1) is 0 Å². The van der Waals surface area contributed by atoms with Crippen LogP contribution in [0.15, 0.2) is 18.2 Å². The van der Waals surface area contributed by atoms with Gasteiger partial charge in [-0.3, -0.25) is 0 Å². The molecule has 108 valence electrons. The summed E-state index contributed by atoms with van der Waals surface area (Å²) in [4.78, 5) is 2.37. The summed E-state index contributed by atoms with van der Waals surface area (Å²) in [6, 6.07) is 6.41. The number of benzene rings is 1. The molecule has 0 atom stereocenters. The third kappa shape index (κ3) is 4.37. The van der Waals surface area contributed by atoms with Crippen molar-refractivity contribution in [2.45, 2.75) is 39.3 Å². The van der Waals surface area contributed by atoms with E-state index in [-0.39, 0.29) is 0 Å². The predicted molar refractivity (Wildman–Crippen MR) is 82.9 cm³/mol. The molecule has 0 radical (unpaired) electrons. The molecule has 0 aliphatic rings. The Bertz CT molecular complexity index is 380. The van der Waals surface area contributed by atoms with Gasteiger partial charge < -0.3 is 15.4 Å². The molecule has 0 aromatic heterocycles. The van der Waals surface area contributed by atoms with E-state index < -0.39 is 0 Å². The molecule has 0 fully saturated rings. The number of halogens is 1. The molecule has 1 aromatic carbocycles. The highest BCUT2D eigenvalue weighted by atomic mass is 35.5. The van der Waals surface area contributed by atoms with Crippen LogP contribution in [0.3, 0.4) is 0 Å². The summed E-state index contributed by atoms with van der Waals surface area (Å²) in [6.07, 6.45) is 2.19. The molecular formula is C15H25ClN2O. The van der Waals surface area contributed by atoms with Crippen molar-refractivity contribution >= 4 is 17.3 Å². The van der Waals surface area contributed by atoms with E-state index in [1.807, 2.05) is 18.2 Å². The van der Waals surface area contributed by atoms with E-state index in [9.17, 15) is 0 Å². The molecule has 0 amide bonds. The maximum atomic E-state index is 6.14. The van der Waals surface area contributed by atoms with E-state index in [0.717, 1.165) is 35.7 Å². The Morgan fingerprint density at radius 2 is 2.00 bits per heavy atom. The quantitative estimate of drug-likeness (QED) is 0.795. The first-order valence-electron chi connectivity index (χ1n) is 6.91. The Balaban J connectivity index is 3.10. The Kier molecular flexibility index (Phi) is 7.21. The first kappa shape index (κ1) is 16.3. The number of nitrogens with two attached hydrogens (primary N) is 1. The third-order valence-corrected chi connectivity index (χ3v) is 3.73. The molecule has 0 bridgehead atoms. The van der Waals surface area contributed by atoms with Crippen molar-refractivity contribution in [1.29, 1.82) is 0 Å². The molecule has 1 aromatic rings. The highest BCUT2D eigenvalue weighted by Crippen LogP contribution is 2.28. The summed E-state index contributed by atoms with van der Waals surface area (Å²) in [7, 11) is 1.73. The normalized spacial score (nSPS) is 11.1. The minimum absolute atomic E-state index is 0.485. The number of rotatable bonds is 8. The van der Waals surface area contributed by atoms with Gasteiger partial charge in [-0.2, -0.15) is 0 Å². The van der Waals surface area contributed by atoms with Crippen LogP contribution in [0, 0.1) is 0 Å². The topological polar surface area (TPSA) is 38.5 Å². The predicted octanol–water partition coefficient (Wildman–Crippen LogP) is 3.44. The van der Waals surface area contributed by atoms with Crippen molar-refractivity contribution in [1.82, 2.24) is 0 Å². The van der Waals surface area contributed by atoms with Crippen molar-refractivity contribution in [2.24, 2.45) is 5.73 Å². The lowest BCUT2D eigenvalue weighted by atomic mass is 10.1. The maximum Gasteiger partial charge on any atom is 0.0637 e. The average molecular weight is 285 g/mol. The molecule has 0 unspecified atom stereocenters. The zero-order valence-corrected chi connectivity index (χ0v) is 12.9. The molecule has 0 heterocycles. The highest BCUT2D eigenvalue weighted by Gasteiger charge is 2.18.